The van der Waals surface area contributed by atoms with Gasteiger partial charge >= 0.3 is 0 Å². The summed E-state index contributed by atoms with van der Waals surface area (Å²) in [5.41, 5.74) is 1.90. The van der Waals surface area contributed by atoms with E-state index in [1.54, 1.807) is 0 Å². The lowest BCUT2D eigenvalue weighted by Crippen LogP contribution is -2.08. The molecule has 0 N–H and O–H groups in total. The average molecular weight is 306 g/mol. The van der Waals surface area contributed by atoms with Gasteiger partial charge in [0, 0.05) is 10.9 Å². The molecule has 0 fully saturated rings. The number of hydrogen-bond acceptors (Lipinski definition) is 2. The molecule has 0 aliphatic rings. The normalized spacial score (nSPS) is 12.7. The Morgan fingerprint density at radius 2 is 2.00 bits per heavy atom. The Labute approximate surface area is 132 Å². The molecule has 0 saturated carbocycles. The van der Waals surface area contributed by atoms with Crippen LogP contribution in [0.3, 0.4) is 0 Å². The maximum atomic E-state index is 6.24. The van der Waals surface area contributed by atoms with E-state index in [0.717, 1.165) is 22.9 Å². The van der Waals surface area contributed by atoms with Gasteiger partial charge in [0.15, 0.2) is 0 Å². The third-order valence-corrected chi connectivity index (χ3v) is 4.06. The third-order valence-electron chi connectivity index (χ3n) is 3.74. The van der Waals surface area contributed by atoms with Crippen LogP contribution in [0.5, 0.6) is 0 Å². The molecule has 0 radical (unpaired) electrons. The molecule has 0 aliphatic carbocycles. The minimum Gasteiger partial charge on any atom is -0.374 e. The molecule has 2 rings (SSSR count). The number of halogens is 1. The van der Waals surface area contributed by atoms with Crippen LogP contribution in [-0.2, 0) is 11.3 Å². The zero-order valence-electron chi connectivity index (χ0n) is 12.9. The second-order valence-electron chi connectivity index (χ2n) is 5.60. The average Bonchev–Trinajstić information content (AvgIpc) is 2.49. The molecule has 2 aromatic rings. The van der Waals surface area contributed by atoms with Crippen LogP contribution >= 0.6 is 11.6 Å². The van der Waals surface area contributed by atoms with Crippen molar-refractivity contribution in [2.24, 2.45) is 0 Å². The summed E-state index contributed by atoms with van der Waals surface area (Å²) < 4.78 is 5.91. The fraction of sp³-hybridized carbons (Fsp3) is 0.500. The number of benzene rings is 1. The zero-order chi connectivity index (χ0) is 15.1. The van der Waals surface area contributed by atoms with E-state index in [9.17, 15) is 0 Å². The summed E-state index contributed by atoms with van der Waals surface area (Å²) >= 11 is 6.24. The van der Waals surface area contributed by atoms with E-state index in [1.807, 2.05) is 18.2 Å². The van der Waals surface area contributed by atoms with Crippen LogP contribution in [0.1, 0.15) is 51.5 Å². The van der Waals surface area contributed by atoms with E-state index < -0.39 is 0 Å². The number of aromatic nitrogens is 1. The molecule has 2 nitrogen and oxygen atoms in total. The molecule has 1 unspecified atom stereocenters. The van der Waals surface area contributed by atoms with Crippen LogP contribution in [0.15, 0.2) is 30.3 Å². The highest BCUT2D eigenvalue weighted by Gasteiger charge is 2.08. The quantitative estimate of drug-likeness (QED) is 0.456. The van der Waals surface area contributed by atoms with Crippen LogP contribution in [0.25, 0.3) is 10.9 Å². The van der Waals surface area contributed by atoms with Gasteiger partial charge in [0.25, 0.3) is 0 Å². The van der Waals surface area contributed by atoms with E-state index in [2.05, 4.69) is 31.0 Å². The van der Waals surface area contributed by atoms with E-state index >= 15 is 0 Å². The minimum atomic E-state index is 0.268. The third kappa shape index (κ3) is 4.98. The van der Waals surface area contributed by atoms with Gasteiger partial charge in [-0.25, -0.2) is 4.98 Å². The van der Waals surface area contributed by atoms with Gasteiger partial charge < -0.3 is 4.74 Å². The molecule has 1 aromatic heterocycles. The van der Waals surface area contributed by atoms with E-state index in [-0.39, 0.29) is 6.10 Å². The molecule has 1 aromatic carbocycles. The van der Waals surface area contributed by atoms with Crippen LogP contribution in [0, 0.1) is 0 Å². The Bertz CT molecular complexity index is 570. The van der Waals surface area contributed by atoms with Gasteiger partial charge in [-0.2, -0.15) is 0 Å². The number of rotatable bonds is 8. The van der Waals surface area contributed by atoms with Crippen LogP contribution < -0.4 is 0 Å². The van der Waals surface area contributed by atoms with Crippen molar-refractivity contribution in [1.82, 2.24) is 4.98 Å². The molecular weight excluding hydrogens is 282 g/mol. The Kier molecular flexibility index (Phi) is 6.47. The first kappa shape index (κ1) is 16.3. The lowest BCUT2D eigenvalue weighted by atomic mass is 10.1. The monoisotopic (exact) mass is 305 g/mol. The van der Waals surface area contributed by atoms with Gasteiger partial charge in [0.2, 0.25) is 0 Å². The number of ether oxygens (including phenoxy) is 1. The van der Waals surface area contributed by atoms with Crippen molar-refractivity contribution in [2.45, 2.75) is 58.7 Å². The van der Waals surface area contributed by atoms with Crippen molar-refractivity contribution in [1.29, 1.82) is 0 Å². The predicted octanol–water partition coefficient (Wildman–Crippen LogP) is 5.76. The first-order chi connectivity index (χ1) is 10.2. The van der Waals surface area contributed by atoms with Crippen molar-refractivity contribution < 1.29 is 4.74 Å². The van der Waals surface area contributed by atoms with Gasteiger partial charge in [0.05, 0.1) is 18.2 Å². The summed E-state index contributed by atoms with van der Waals surface area (Å²) in [5, 5.41) is 1.66. The fourth-order valence-corrected chi connectivity index (χ4v) is 2.61. The lowest BCUT2D eigenvalue weighted by molar-refractivity contribution is 0.0459. The predicted molar refractivity (Wildman–Crippen MR) is 89.8 cm³/mol. The lowest BCUT2D eigenvalue weighted by Gasteiger charge is -2.14. The topological polar surface area (TPSA) is 22.1 Å². The van der Waals surface area contributed by atoms with Crippen LogP contribution in [0.2, 0.25) is 5.15 Å². The number of fused-ring (bicyclic) bond motifs is 1. The van der Waals surface area contributed by atoms with Crippen molar-refractivity contribution >= 4 is 22.5 Å². The van der Waals surface area contributed by atoms with Crippen LogP contribution in [0.4, 0.5) is 0 Å². The van der Waals surface area contributed by atoms with Gasteiger partial charge in [-0.05, 0) is 25.5 Å². The minimum absolute atomic E-state index is 0.268. The highest BCUT2D eigenvalue weighted by Crippen LogP contribution is 2.22. The molecule has 21 heavy (non-hydrogen) atoms. The molecular formula is C18H24ClNO. The van der Waals surface area contributed by atoms with Gasteiger partial charge in [0.1, 0.15) is 5.15 Å². The van der Waals surface area contributed by atoms with Gasteiger partial charge in [-0.3, -0.25) is 0 Å². The molecule has 1 heterocycles. The summed E-state index contributed by atoms with van der Waals surface area (Å²) in [6.07, 6.45) is 6.49. The van der Waals surface area contributed by atoms with Gasteiger partial charge in [-0.1, -0.05) is 62.4 Å². The molecule has 0 aliphatic heterocycles. The Morgan fingerprint density at radius 1 is 1.19 bits per heavy atom. The number of pyridine rings is 1. The van der Waals surface area contributed by atoms with E-state index in [0.29, 0.717) is 11.8 Å². The van der Waals surface area contributed by atoms with Crippen molar-refractivity contribution in [3.05, 3.63) is 41.0 Å². The first-order valence-electron chi connectivity index (χ1n) is 7.86. The maximum absolute atomic E-state index is 6.24. The zero-order valence-corrected chi connectivity index (χ0v) is 13.7. The number of nitrogens with zero attached hydrogens (tertiary/aromatic N) is 1. The van der Waals surface area contributed by atoms with E-state index in [1.165, 1.54) is 25.7 Å². The number of unbranched alkanes of at least 4 members (excludes halogenated alkanes) is 3. The molecule has 0 amide bonds. The summed E-state index contributed by atoms with van der Waals surface area (Å²) in [7, 11) is 0. The molecule has 0 spiro atoms. The summed E-state index contributed by atoms with van der Waals surface area (Å²) in [6.45, 7) is 4.90. The Hall–Kier alpha value is -1.12. The van der Waals surface area contributed by atoms with Crippen molar-refractivity contribution in [2.75, 3.05) is 0 Å². The summed E-state index contributed by atoms with van der Waals surface area (Å²) in [5.74, 6) is 0. The van der Waals surface area contributed by atoms with Crippen molar-refractivity contribution in [3.63, 3.8) is 0 Å². The molecule has 1 atom stereocenters. The van der Waals surface area contributed by atoms with E-state index in [4.69, 9.17) is 16.3 Å². The molecule has 0 bridgehead atoms. The molecule has 3 heteroatoms. The molecule has 114 valence electrons. The number of para-hydroxylation sites is 1. The second kappa shape index (κ2) is 8.35. The van der Waals surface area contributed by atoms with Gasteiger partial charge in [-0.15, -0.1) is 0 Å². The Balaban J connectivity index is 1.89. The smallest absolute Gasteiger partial charge is 0.135 e. The SMILES string of the molecule is CCCCCCC(C)OCc1cc2ccccc2nc1Cl. The summed E-state index contributed by atoms with van der Waals surface area (Å²) in [4.78, 5) is 4.43. The summed E-state index contributed by atoms with van der Waals surface area (Å²) in [6, 6.07) is 10.1. The first-order valence-corrected chi connectivity index (χ1v) is 8.24. The largest absolute Gasteiger partial charge is 0.374 e. The number of hydrogen-bond donors (Lipinski definition) is 0. The highest BCUT2D eigenvalue weighted by molar-refractivity contribution is 6.30. The van der Waals surface area contributed by atoms with Crippen molar-refractivity contribution in [3.8, 4) is 0 Å². The second-order valence-corrected chi connectivity index (χ2v) is 5.96. The fourth-order valence-electron chi connectivity index (χ4n) is 2.41. The Morgan fingerprint density at radius 3 is 2.81 bits per heavy atom. The maximum Gasteiger partial charge on any atom is 0.135 e. The standard InChI is InChI=1S/C18H24ClNO/c1-3-4-5-6-9-14(2)21-13-16-12-15-10-7-8-11-17(15)20-18(16)19/h7-8,10-12,14H,3-6,9,13H2,1-2H3. The van der Waals surface area contributed by atoms with Crippen LogP contribution in [-0.4, -0.2) is 11.1 Å². The molecule has 0 saturated heterocycles. The highest BCUT2D eigenvalue weighted by atomic mass is 35.5.